The number of nitrogens with one attached hydrogen (secondary N) is 1. The maximum absolute atomic E-state index is 5.82. The summed E-state index contributed by atoms with van der Waals surface area (Å²) in [5.41, 5.74) is 2.49. The predicted octanol–water partition coefficient (Wildman–Crippen LogP) is 3.60. The lowest BCUT2D eigenvalue weighted by Gasteiger charge is -2.13. The molecule has 112 valence electrons. The van der Waals surface area contributed by atoms with E-state index < -0.39 is 0 Å². The van der Waals surface area contributed by atoms with E-state index in [4.69, 9.17) is 9.47 Å². The van der Waals surface area contributed by atoms with Crippen LogP contribution in [0.2, 0.25) is 0 Å². The third kappa shape index (κ3) is 4.23. The molecule has 0 aliphatic rings. The van der Waals surface area contributed by atoms with Crippen LogP contribution in [0, 0.1) is 0 Å². The Bertz CT molecular complexity index is 551. The predicted molar refractivity (Wildman–Crippen MR) is 86.1 cm³/mol. The summed E-state index contributed by atoms with van der Waals surface area (Å²) in [5, 5.41) is 3.20. The number of hydrogen-bond acceptors (Lipinski definition) is 3. The minimum Gasteiger partial charge on any atom is -0.493 e. The second kappa shape index (κ2) is 7.70. The van der Waals surface area contributed by atoms with Crippen molar-refractivity contribution in [3.8, 4) is 11.5 Å². The minimum absolute atomic E-state index is 0.513. The fourth-order valence-electron chi connectivity index (χ4n) is 2.27. The van der Waals surface area contributed by atoms with Gasteiger partial charge >= 0.3 is 0 Å². The molecule has 0 aliphatic carbocycles. The summed E-state index contributed by atoms with van der Waals surface area (Å²) in [6, 6.07) is 16.3. The Kier molecular flexibility index (Phi) is 5.64. The first-order chi connectivity index (χ1) is 10.2. The normalized spacial score (nSPS) is 12.0. The van der Waals surface area contributed by atoms with Crippen molar-refractivity contribution >= 4 is 0 Å². The average molecular weight is 285 g/mol. The van der Waals surface area contributed by atoms with Gasteiger partial charge in [-0.2, -0.15) is 0 Å². The second-order valence-corrected chi connectivity index (χ2v) is 5.14. The van der Waals surface area contributed by atoms with E-state index in [2.05, 4.69) is 36.5 Å². The zero-order valence-electron chi connectivity index (χ0n) is 12.9. The van der Waals surface area contributed by atoms with Crippen LogP contribution in [0.15, 0.2) is 48.5 Å². The van der Waals surface area contributed by atoms with Crippen LogP contribution in [-0.2, 0) is 6.61 Å². The van der Waals surface area contributed by atoms with E-state index in [0.29, 0.717) is 12.5 Å². The van der Waals surface area contributed by atoms with Crippen LogP contribution in [0.5, 0.6) is 11.5 Å². The van der Waals surface area contributed by atoms with Crippen molar-refractivity contribution in [3.05, 3.63) is 59.7 Å². The Morgan fingerprint density at radius 3 is 2.29 bits per heavy atom. The van der Waals surface area contributed by atoms with E-state index >= 15 is 0 Å². The summed E-state index contributed by atoms with van der Waals surface area (Å²) >= 11 is 0. The van der Waals surface area contributed by atoms with Crippen molar-refractivity contribution in [3.63, 3.8) is 0 Å². The zero-order valence-corrected chi connectivity index (χ0v) is 12.9. The quantitative estimate of drug-likeness (QED) is 0.843. The van der Waals surface area contributed by atoms with E-state index in [0.717, 1.165) is 23.6 Å². The molecular weight excluding hydrogens is 262 g/mol. The first-order valence-electron chi connectivity index (χ1n) is 7.24. The van der Waals surface area contributed by atoms with Crippen molar-refractivity contribution in [2.45, 2.75) is 19.4 Å². The standard InChI is InChI=1S/C18H23NO2/c1-14(12-19-2)16-10-8-15(9-11-16)13-21-18-7-5-4-6-17(18)20-3/h4-11,14,19H,12-13H2,1-3H3. The Balaban J connectivity index is 1.97. The highest BCUT2D eigenvalue weighted by Crippen LogP contribution is 2.26. The van der Waals surface area contributed by atoms with Crippen LogP contribution in [0.25, 0.3) is 0 Å². The lowest BCUT2D eigenvalue weighted by molar-refractivity contribution is 0.284. The van der Waals surface area contributed by atoms with Gasteiger partial charge in [0.2, 0.25) is 0 Å². The molecule has 0 amide bonds. The van der Waals surface area contributed by atoms with Crippen LogP contribution in [0.3, 0.4) is 0 Å². The van der Waals surface area contributed by atoms with Gasteiger partial charge in [-0.15, -0.1) is 0 Å². The molecule has 0 fully saturated rings. The van der Waals surface area contributed by atoms with Gasteiger partial charge < -0.3 is 14.8 Å². The number of methoxy groups -OCH3 is 1. The molecule has 0 aromatic heterocycles. The second-order valence-electron chi connectivity index (χ2n) is 5.14. The number of benzene rings is 2. The molecular formula is C18H23NO2. The fourth-order valence-corrected chi connectivity index (χ4v) is 2.27. The maximum Gasteiger partial charge on any atom is 0.161 e. The summed E-state index contributed by atoms with van der Waals surface area (Å²) in [7, 11) is 3.63. The summed E-state index contributed by atoms with van der Waals surface area (Å²) in [4.78, 5) is 0. The molecule has 0 saturated carbocycles. The molecule has 0 heterocycles. The van der Waals surface area contributed by atoms with Gasteiger partial charge in [0.05, 0.1) is 7.11 Å². The van der Waals surface area contributed by atoms with Crippen molar-refractivity contribution in [1.82, 2.24) is 5.32 Å². The molecule has 0 radical (unpaired) electrons. The van der Waals surface area contributed by atoms with E-state index in [9.17, 15) is 0 Å². The van der Waals surface area contributed by atoms with E-state index in [-0.39, 0.29) is 0 Å². The lowest BCUT2D eigenvalue weighted by Crippen LogP contribution is -2.14. The Morgan fingerprint density at radius 1 is 1.00 bits per heavy atom. The van der Waals surface area contributed by atoms with Gasteiger partial charge in [0.1, 0.15) is 6.61 Å². The lowest BCUT2D eigenvalue weighted by atomic mass is 10.00. The molecule has 2 rings (SSSR count). The van der Waals surface area contributed by atoms with E-state index in [1.54, 1.807) is 7.11 Å². The molecule has 0 aliphatic heterocycles. The largest absolute Gasteiger partial charge is 0.493 e. The number of rotatable bonds is 7. The van der Waals surface area contributed by atoms with Crippen LogP contribution in [0.1, 0.15) is 24.0 Å². The Labute approximate surface area is 126 Å². The molecule has 21 heavy (non-hydrogen) atoms. The molecule has 0 spiro atoms. The molecule has 3 heteroatoms. The van der Waals surface area contributed by atoms with Gasteiger partial charge in [-0.05, 0) is 36.2 Å². The number of likely N-dealkylation sites (N-methyl/N-ethyl adjacent to an activating group) is 1. The van der Waals surface area contributed by atoms with Gasteiger partial charge in [-0.3, -0.25) is 0 Å². The van der Waals surface area contributed by atoms with Gasteiger partial charge in [0, 0.05) is 6.54 Å². The molecule has 2 aromatic rings. The fraction of sp³-hybridized carbons (Fsp3) is 0.333. The van der Waals surface area contributed by atoms with E-state index in [1.165, 1.54) is 5.56 Å². The summed E-state index contributed by atoms with van der Waals surface area (Å²) in [5.74, 6) is 2.04. The van der Waals surface area contributed by atoms with Crippen molar-refractivity contribution < 1.29 is 9.47 Å². The summed E-state index contributed by atoms with van der Waals surface area (Å²) < 4.78 is 11.1. The molecule has 1 atom stereocenters. The molecule has 3 nitrogen and oxygen atoms in total. The first kappa shape index (κ1) is 15.4. The molecule has 0 bridgehead atoms. The van der Waals surface area contributed by atoms with Crippen molar-refractivity contribution in [2.24, 2.45) is 0 Å². The Hall–Kier alpha value is -2.00. The number of ether oxygens (including phenoxy) is 2. The van der Waals surface area contributed by atoms with E-state index in [1.807, 2.05) is 31.3 Å². The van der Waals surface area contributed by atoms with Crippen molar-refractivity contribution in [2.75, 3.05) is 20.7 Å². The van der Waals surface area contributed by atoms with Crippen LogP contribution in [0.4, 0.5) is 0 Å². The van der Waals surface area contributed by atoms with Gasteiger partial charge in [0.25, 0.3) is 0 Å². The smallest absolute Gasteiger partial charge is 0.161 e. The highest BCUT2D eigenvalue weighted by molar-refractivity contribution is 5.39. The zero-order chi connectivity index (χ0) is 15.1. The topological polar surface area (TPSA) is 30.5 Å². The summed E-state index contributed by atoms with van der Waals surface area (Å²) in [6.07, 6.45) is 0. The SMILES string of the molecule is CNCC(C)c1ccc(COc2ccccc2OC)cc1. The molecule has 1 N–H and O–H groups in total. The third-order valence-electron chi connectivity index (χ3n) is 3.52. The summed E-state index contributed by atoms with van der Waals surface area (Å²) in [6.45, 7) is 3.75. The van der Waals surface area contributed by atoms with Gasteiger partial charge in [0.15, 0.2) is 11.5 Å². The van der Waals surface area contributed by atoms with Crippen LogP contribution < -0.4 is 14.8 Å². The highest BCUT2D eigenvalue weighted by atomic mass is 16.5. The molecule has 0 saturated heterocycles. The first-order valence-corrected chi connectivity index (χ1v) is 7.24. The van der Waals surface area contributed by atoms with Gasteiger partial charge in [-0.1, -0.05) is 43.3 Å². The number of para-hydroxylation sites is 2. The van der Waals surface area contributed by atoms with Crippen LogP contribution >= 0.6 is 0 Å². The number of hydrogen-bond donors (Lipinski definition) is 1. The third-order valence-corrected chi connectivity index (χ3v) is 3.52. The van der Waals surface area contributed by atoms with Gasteiger partial charge in [-0.25, -0.2) is 0 Å². The maximum atomic E-state index is 5.82. The minimum atomic E-state index is 0.513. The monoisotopic (exact) mass is 285 g/mol. The molecule has 2 aromatic carbocycles. The molecule has 1 unspecified atom stereocenters. The average Bonchev–Trinajstić information content (AvgIpc) is 2.54. The Morgan fingerprint density at radius 2 is 1.67 bits per heavy atom. The highest BCUT2D eigenvalue weighted by Gasteiger charge is 2.05. The van der Waals surface area contributed by atoms with Crippen LogP contribution in [-0.4, -0.2) is 20.7 Å². The van der Waals surface area contributed by atoms with Crippen molar-refractivity contribution in [1.29, 1.82) is 0 Å².